The van der Waals surface area contributed by atoms with E-state index in [9.17, 15) is 9.18 Å². The predicted octanol–water partition coefficient (Wildman–Crippen LogP) is 5.50. The fourth-order valence-electron chi connectivity index (χ4n) is 3.82. The SMILES string of the molecule is Cc1c([C@H](C(=O)OCc2ccccc2)c2ccccc2)c2cc(F)ccc2n1C. The Balaban J connectivity index is 1.80. The molecule has 4 aromatic rings. The minimum Gasteiger partial charge on any atom is -0.460 e. The van der Waals surface area contributed by atoms with E-state index in [0.717, 1.165) is 33.3 Å². The summed E-state index contributed by atoms with van der Waals surface area (Å²) in [6, 6.07) is 23.8. The molecule has 0 spiro atoms. The number of ether oxygens (including phenoxy) is 1. The molecule has 0 aliphatic rings. The normalized spacial score (nSPS) is 12.1. The maximum absolute atomic E-state index is 14.1. The quantitative estimate of drug-likeness (QED) is 0.423. The van der Waals surface area contributed by atoms with Crippen LogP contribution in [-0.4, -0.2) is 10.5 Å². The van der Waals surface area contributed by atoms with Crippen molar-refractivity contribution in [3.8, 4) is 0 Å². The second-order valence-electron chi connectivity index (χ2n) is 7.16. The minimum atomic E-state index is -0.634. The number of hydrogen-bond acceptors (Lipinski definition) is 2. The number of esters is 1. The van der Waals surface area contributed by atoms with Crippen molar-refractivity contribution in [1.29, 1.82) is 0 Å². The molecule has 0 bridgehead atoms. The van der Waals surface area contributed by atoms with E-state index < -0.39 is 5.92 Å². The summed E-state index contributed by atoms with van der Waals surface area (Å²) in [7, 11) is 1.93. The van der Waals surface area contributed by atoms with Crippen molar-refractivity contribution in [2.75, 3.05) is 0 Å². The predicted molar refractivity (Wildman–Crippen MR) is 112 cm³/mol. The first-order chi connectivity index (χ1) is 14.1. The van der Waals surface area contributed by atoms with Crippen molar-refractivity contribution in [2.45, 2.75) is 19.4 Å². The van der Waals surface area contributed by atoms with Gasteiger partial charge in [-0.15, -0.1) is 0 Å². The molecule has 0 fully saturated rings. The maximum Gasteiger partial charge on any atom is 0.318 e. The third-order valence-electron chi connectivity index (χ3n) is 5.38. The number of halogens is 1. The van der Waals surface area contributed by atoms with Gasteiger partial charge in [0.05, 0.1) is 0 Å². The van der Waals surface area contributed by atoms with Crippen LogP contribution in [0, 0.1) is 12.7 Å². The van der Waals surface area contributed by atoms with Crippen molar-refractivity contribution in [3.05, 3.63) is 107 Å². The lowest BCUT2D eigenvalue weighted by Gasteiger charge is -2.18. The van der Waals surface area contributed by atoms with E-state index in [-0.39, 0.29) is 18.4 Å². The summed E-state index contributed by atoms with van der Waals surface area (Å²) in [5.74, 6) is -1.31. The molecule has 146 valence electrons. The van der Waals surface area contributed by atoms with Crippen LogP contribution in [0.15, 0.2) is 78.9 Å². The van der Waals surface area contributed by atoms with Gasteiger partial charge in [-0.05, 0) is 41.8 Å². The number of aryl methyl sites for hydroxylation is 1. The van der Waals surface area contributed by atoms with Crippen LogP contribution in [0.3, 0.4) is 0 Å². The van der Waals surface area contributed by atoms with Gasteiger partial charge >= 0.3 is 5.97 Å². The molecule has 0 aliphatic heterocycles. The lowest BCUT2D eigenvalue weighted by atomic mass is 9.89. The van der Waals surface area contributed by atoms with Gasteiger partial charge in [0, 0.05) is 23.6 Å². The zero-order valence-corrected chi connectivity index (χ0v) is 16.4. The Morgan fingerprint density at radius 3 is 2.34 bits per heavy atom. The van der Waals surface area contributed by atoms with E-state index >= 15 is 0 Å². The highest BCUT2D eigenvalue weighted by molar-refractivity contribution is 5.93. The largest absolute Gasteiger partial charge is 0.460 e. The number of nitrogens with zero attached hydrogens (tertiary/aromatic N) is 1. The molecule has 4 rings (SSSR count). The van der Waals surface area contributed by atoms with Gasteiger partial charge in [-0.25, -0.2) is 4.39 Å². The number of rotatable bonds is 5. The molecule has 29 heavy (non-hydrogen) atoms. The average molecular weight is 387 g/mol. The Morgan fingerprint density at radius 1 is 1.00 bits per heavy atom. The Morgan fingerprint density at radius 2 is 1.66 bits per heavy atom. The molecule has 3 nitrogen and oxygen atoms in total. The molecule has 0 amide bonds. The van der Waals surface area contributed by atoms with Crippen LogP contribution in [0.5, 0.6) is 0 Å². The van der Waals surface area contributed by atoms with Crippen LogP contribution < -0.4 is 0 Å². The van der Waals surface area contributed by atoms with E-state index in [1.165, 1.54) is 12.1 Å². The van der Waals surface area contributed by atoms with Crippen LogP contribution in [0.4, 0.5) is 4.39 Å². The molecule has 3 aromatic carbocycles. The Hall–Kier alpha value is -3.40. The maximum atomic E-state index is 14.1. The Bertz CT molecular complexity index is 1150. The second kappa shape index (κ2) is 7.92. The molecule has 0 saturated heterocycles. The molecular weight excluding hydrogens is 365 g/mol. The minimum absolute atomic E-state index is 0.196. The standard InChI is InChI=1S/C25H22FNO2/c1-17-23(21-15-20(26)13-14-22(21)27(17)2)24(19-11-7-4-8-12-19)25(28)29-16-18-9-5-3-6-10-18/h3-15,24H,16H2,1-2H3/t24-/m1/s1. The lowest BCUT2D eigenvalue weighted by Crippen LogP contribution is -2.18. The van der Waals surface area contributed by atoms with Crippen molar-refractivity contribution in [3.63, 3.8) is 0 Å². The van der Waals surface area contributed by atoms with Gasteiger partial charge in [0.1, 0.15) is 18.3 Å². The molecule has 0 N–H and O–H groups in total. The number of aromatic nitrogens is 1. The highest BCUT2D eigenvalue weighted by Gasteiger charge is 2.30. The van der Waals surface area contributed by atoms with Gasteiger partial charge in [0.2, 0.25) is 0 Å². The van der Waals surface area contributed by atoms with E-state index in [1.54, 1.807) is 6.07 Å². The zero-order chi connectivity index (χ0) is 20.4. The lowest BCUT2D eigenvalue weighted by molar-refractivity contribution is -0.145. The molecule has 0 aliphatic carbocycles. The third kappa shape index (κ3) is 3.66. The van der Waals surface area contributed by atoms with Gasteiger partial charge in [-0.1, -0.05) is 60.7 Å². The first-order valence-electron chi connectivity index (χ1n) is 9.56. The molecule has 4 heteroatoms. The Labute approximate surface area is 169 Å². The number of hydrogen-bond donors (Lipinski definition) is 0. The van der Waals surface area contributed by atoms with Crippen LogP contribution in [-0.2, 0) is 23.2 Å². The average Bonchev–Trinajstić information content (AvgIpc) is 2.98. The second-order valence-corrected chi connectivity index (χ2v) is 7.16. The monoisotopic (exact) mass is 387 g/mol. The first-order valence-corrected chi connectivity index (χ1v) is 9.56. The van der Waals surface area contributed by atoms with E-state index in [1.807, 2.05) is 79.2 Å². The van der Waals surface area contributed by atoms with E-state index in [0.29, 0.717) is 0 Å². The fourth-order valence-corrected chi connectivity index (χ4v) is 3.82. The van der Waals surface area contributed by atoms with Crippen molar-refractivity contribution >= 4 is 16.9 Å². The Kier molecular flexibility index (Phi) is 5.17. The number of benzene rings is 3. The summed E-state index contributed by atoms with van der Waals surface area (Å²) in [6.07, 6.45) is 0. The molecular formula is C25H22FNO2. The first kappa shape index (κ1) is 18.9. The van der Waals surface area contributed by atoms with Crippen LogP contribution >= 0.6 is 0 Å². The van der Waals surface area contributed by atoms with E-state index in [4.69, 9.17) is 4.74 Å². The molecule has 0 saturated carbocycles. The number of fused-ring (bicyclic) bond motifs is 1. The molecule has 0 radical (unpaired) electrons. The van der Waals surface area contributed by atoms with Crippen molar-refractivity contribution in [2.24, 2.45) is 7.05 Å². The van der Waals surface area contributed by atoms with Gasteiger partial charge in [0.25, 0.3) is 0 Å². The smallest absolute Gasteiger partial charge is 0.318 e. The van der Waals surface area contributed by atoms with Crippen LogP contribution in [0.25, 0.3) is 10.9 Å². The van der Waals surface area contributed by atoms with Crippen molar-refractivity contribution < 1.29 is 13.9 Å². The van der Waals surface area contributed by atoms with Crippen LogP contribution in [0.1, 0.15) is 28.3 Å². The highest BCUT2D eigenvalue weighted by atomic mass is 19.1. The zero-order valence-electron chi connectivity index (χ0n) is 16.4. The summed E-state index contributed by atoms with van der Waals surface area (Å²) < 4.78 is 21.8. The summed E-state index contributed by atoms with van der Waals surface area (Å²) in [4.78, 5) is 13.3. The summed E-state index contributed by atoms with van der Waals surface area (Å²) >= 11 is 0. The van der Waals surface area contributed by atoms with Gasteiger partial charge in [0.15, 0.2) is 0 Å². The van der Waals surface area contributed by atoms with E-state index in [2.05, 4.69) is 0 Å². The van der Waals surface area contributed by atoms with Crippen molar-refractivity contribution in [1.82, 2.24) is 4.57 Å². The molecule has 0 unspecified atom stereocenters. The fraction of sp³-hybridized carbons (Fsp3) is 0.160. The van der Waals surface area contributed by atoms with Crippen LogP contribution in [0.2, 0.25) is 0 Å². The summed E-state index contributed by atoms with van der Waals surface area (Å²) in [5.41, 5.74) is 4.33. The highest BCUT2D eigenvalue weighted by Crippen LogP contribution is 2.36. The molecule has 1 aromatic heterocycles. The topological polar surface area (TPSA) is 31.2 Å². The van der Waals surface area contributed by atoms with Gasteiger partial charge < -0.3 is 9.30 Å². The number of carbonyl (C=O) groups excluding carboxylic acids is 1. The summed E-state index contributed by atoms with van der Waals surface area (Å²) in [5, 5.41) is 0.732. The third-order valence-corrected chi connectivity index (χ3v) is 5.38. The number of carbonyl (C=O) groups is 1. The van der Waals surface area contributed by atoms with Gasteiger partial charge in [-0.3, -0.25) is 4.79 Å². The molecule has 1 atom stereocenters. The van der Waals surface area contributed by atoms with Gasteiger partial charge in [-0.2, -0.15) is 0 Å². The summed E-state index contributed by atoms with van der Waals surface area (Å²) in [6.45, 7) is 2.15. The molecule has 1 heterocycles.